The molecule has 0 fully saturated rings. The van der Waals surface area contributed by atoms with E-state index in [2.05, 4.69) is 5.32 Å². The number of allylic oxidation sites excluding steroid dienone is 1. The molecule has 0 aliphatic carbocycles. The van der Waals surface area contributed by atoms with E-state index in [-0.39, 0.29) is 5.91 Å². The van der Waals surface area contributed by atoms with E-state index in [4.69, 9.17) is 5.73 Å². The molecule has 0 aliphatic rings. The van der Waals surface area contributed by atoms with Crippen molar-refractivity contribution in [2.24, 2.45) is 5.73 Å². The number of nitrogens with one attached hydrogen (secondary N) is 1. The summed E-state index contributed by atoms with van der Waals surface area (Å²) >= 11 is 0. The first-order valence-electron chi connectivity index (χ1n) is 6.58. The third-order valence-corrected chi connectivity index (χ3v) is 2.79. The van der Waals surface area contributed by atoms with Gasteiger partial charge in [-0.25, -0.2) is 4.79 Å². The third-order valence-electron chi connectivity index (χ3n) is 2.79. The molecular weight excluding hydrogens is 254 g/mol. The number of carbonyl (C=O) groups is 2. The van der Waals surface area contributed by atoms with E-state index in [1.54, 1.807) is 7.05 Å². The molecule has 3 amide bonds. The Morgan fingerprint density at radius 2 is 2.00 bits per heavy atom. The van der Waals surface area contributed by atoms with E-state index in [0.717, 1.165) is 5.56 Å². The summed E-state index contributed by atoms with van der Waals surface area (Å²) in [5.41, 5.74) is 6.19. The fourth-order valence-electron chi connectivity index (χ4n) is 1.56. The Bertz CT molecular complexity index is 457. The second kappa shape index (κ2) is 8.74. The largest absolute Gasteiger partial charge is 0.354 e. The molecular formula is C15H21N3O2. The lowest BCUT2D eigenvalue weighted by atomic mass is 10.2. The Labute approximate surface area is 119 Å². The zero-order valence-corrected chi connectivity index (χ0v) is 11.7. The lowest BCUT2D eigenvalue weighted by Crippen LogP contribution is -2.38. The number of hydrogen-bond acceptors (Lipinski definition) is 2. The van der Waals surface area contributed by atoms with E-state index in [1.807, 2.05) is 42.5 Å². The first-order valence-corrected chi connectivity index (χ1v) is 6.58. The van der Waals surface area contributed by atoms with Crippen LogP contribution in [0.3, 0.4) is 0 Å². The van der Waals surface area contributed by atoms with Crippen molar-refractivity contribution in [3.05, 3.63) is 42.0 Å². The number of likely N-dealkylation sites (N-methyl/N-ethyl adjacent to an activating group) is 1. The van der Waals surface area contributed by atoms with Gasteiger partial charge in [-0.15, -0.1) is 0 Å². The van der Waals surface area contributed by atoms with Gasteiger partial charge in [0.2, 0.25) is 5.91 Å². The third kappa shape index (κ3) is 6.58. The minimum Gasteiger partial charge on any atom is -0.354 e. The highest BCUT2D eigenvalue weighted by atomic mass is 16.2. The van der Waals surface area contributed by atoms with Gasteiger partial charge < -0.3 is 16.0 Å². The number of urea groups is 1. The van der Waals surface area contributed by atoms with E-state index in [1.165, 1.54) is 4.90 Å². The number of rotatable bonds is 7. The molecule has 0 aliphatic heterocycles. The highest BCUT2D eigenvalue weighted by molar-refractivity contribution is 5.76. The highest BCUT2D eigenvalue weighted by Gasteiger charge is 2.03. The fourth-order valence-corrected chi connectivity index (χ4v) is 1.56. The van der Waals surface area contributed by atoms with Gasteiger partial charge in [-0.2, -0.15) is 0 Å². The molecule has 20 heavy (non-hydrogen) atoms. The minimum atomic E-state index is -0.495. The summed E-state index contributed by atoms with van der Waals surface area (Å²) in [5, 5.41) is 2.74. The summed E-state index contributed by atoms with van der Waals surface area (Å²) in [7, 11) is 1.59. The van der Waals surface area contributed by atoms with Crippen molar-refractivity contribution in [3.8, 4) is 0 Å². The van der Waals surface area contributed by atoms with Gasteiger partial charge in [-0.3, -0.25) is 4.79 Å². The second-order valence-corrected chi connectivity index (χ2v) is 4.46. The Hall–Kier alpha value is -2.30. The second-order valence-electron chi connectivity index (χ2n) is 4.46. The molecule has 0 saturated carbocycles. The van der Waals surface area contributed by atoms with Crippen molar-refractivity contribution in [1.29, 1.82) is 0 Å². The molecule has 1 aromatic carbocycles. The zero-order chi connectivity index (χ0) is 14.8. The van der Waals surface area contributed by atoms with Gasteiger partial charge in [0, 0.05) is 26.6 Å². The molecule has 108 valence electrons. The number of carbonyl (C=O) groups excluding carboxylic acids is 2. The van der Waals surface area contributed by atoms with Crippen LogP contribution in [0.5, 0.6) is 0 Å². The molecule has 0 heterocycles. The lowest BCUT2D eigenvalue weighted by molar-refractivity contribution is -0.121. The van der Waals surface area contributed by atoms with Crippen molar-refractivity contribution in [1.82, 2.24) is 10.2 Å². The van der Waals surface area contributed by atoms with E-state index < -0.39 is 6.03 Å². The number of nitrogens with two attached hydrogens (primary N) is 1. The molecule has 5 heteroatoms. The monoisotopic (exact) mass is 275 g/mol. The van der Waals surface area contributed by atoms with Crippen molar-refractivity contribution < 1.29 is 9.59 Å². The summed E-state index contributed by atoms with van der Waals surface area (Å²) in [6.07, 6.45) is 5.09. The predicted octanol–water partition coefficient (Wildman–Crippen LogP) is 1.61. The van der Waals surface area contributed by atoms with Crippen molar-refractivity contribution in [2.75, 3.05) is 20.1 Å². The molecule has 0 atom stereocenters. The van der Waals surface area contributed by atoms with Gasteiger partial charge in [0.05, 0.1) is 0 Å². The minimum absolute atomic E-state index is 0.0272. The number of benzene rings is 1. The number of hydrogen-bond donors (Lipinski definition) is 2. The normalized spacial score (nSPS) is 10.4. The quantitative estimate of drug-likeness (QED) is 0.793. The summed E-state index contributed by atoms with van der Waals surface area (Å²) in [6, 6.07) is 9.44. The molecule has 0 saturated heterocycles. The topological polar surface area (TPSA) is 75.4 Å². The van der Waals surface area contributed by atoms with E-state index >= 15 is 0 Å². The van der Waals surface area contributed by atoms with E-state index in [0.29, 0.717) is 25.9 Å². The molecule has 5 nitrogen and oxygen atoms in total. The van der Waals surface area contributed by atoms with E-state index in [9.17, 15) is 9.59 Å². The summed E-state index contributed by atoms with van der Waals surface area (Å²) in [5.74, 6) is -0.0272. The van der Waals surface area contributed by atoms with Crippen LogP contribution >= 0.6 is 0 Å². The fraction of sp³-hybridized carbons (Fsp3) is 0.333. The molecule has 1 aromatic rings. The van der Waals surface area contributed by atoms with Crippen LogP contribution in [0.4, 0.5) is 4.79 Å². The average molecular weight is 275 g/mol. The van der Waals surface area contributed by atoms with Crippen molar-refractivity contribution >= 4 is 18.0 Å². The smallest absolute Gasteiger partial charge is 0.314 e. The average Bonchev–Trinajstić information content (AvgIpc) is 2.44. The summed E-state index contributed by atoms with van der Waals surface area (Å²) in [6.45, 7) is 0.835. The number of amides is 3. The van der Waals surface area contributed by atoms with Crippen LogP contribution in [0, 0.1) is 0 Å². The maximum Gasteiger partial charge on any atom is 0.314 e. The Kier molecular flexibility index (Phi) is 6.89. The SMILES string of the molecule is CN(CCNC(=O)CCC=Cc1ccccc1)C(N)=O. The molecule has 1 rings (SSSR count). The van der Waals surface area contributed by atoms with Gasteiger partial charge in [0.15, 0.2) is 0 Å². The lowest BCUT2D eigenvalue weighted by Gasteiger charge is -2.14. The maximum atomic E-state index is 11.5. The highest BCUT2D eigenvalue weighted by Crippen LogP contribution is 2.02. The predicted molar refractivity (Wildman–Crippen MR) is 79.9 cm³/mol. The number of primary amides is 1. The van der Waals surface area contributed by atoms with Gasteiger partial charge >= 0.3 is 6.03 Å². The Morgan fingerprint density at radius 3 is 2.65 bits per heavy atom. The summed E-state index contributed by atoms with van der Waals surface area (Å²) < 4.78 is 0. The Balaban J connectivity index is 2.14. The molecule has 0 unspecified atom stereocenters. The van der Waals surface area contributed by atoms with Gasteiger partial charge in [-0.05, 0) is 12.0 Å². The molecule has 0 radical (unpaired) electrons. The standard InChI is InChI=1S/C15H21N3O2/c1-18(15(16)20)12-11-17-14(19)10-6-5-9-13-7-3-2-4-8-13/h2-5,7-9H,6,10-12H2,1H3,(H2,16,20)(H,17,19). The van der Waals surface area contributed by atoms with Crippen LogP contribution in [0.15, 0.2) is 36.4 Å². The molecule has 0 spiro atoms. The van der Waals surface area contributed by atoms with Gasteiger partial charge in [0.25, 0.3) is 0 Å². The molecule has 3 N–H and O–H groups in total. The van der Waals surface area contributed by atoms with Crippen LogP contribution in [0.25, 0.3) is 6.08 Å². The Morgan fingerprint density at radius 1 is 1.30 bits per heavy atom. The first kappa shape index (κ1) is 15.8. The van der Waals surface area contributed by atoms with Gasteiger partial charge in [0.1, 0.15) is 0 Å². The maximum absolute atomic E-state index is 11.5. The number of nitrogens with zero attached hydrogens (tertiary/aromatic N) is 1. The summed E-state index contributed by atoms with van der Waals surface area (Å²) in [4.78, 5) is 23.6. The van der Waals surface area contributed by atoms with Crippen LogP contribution < -0.4 is 11.1 Å². The van der Waals surface area contributed by atoms with Crippen LogP contribution in [0.2, 0.25) is 0 Å². The van der Waals surface area contributed by atoms with Crippen LogP contribution in [-0.2, 0) is 4.79 Å². The molecule has 0 aromatic heterocycles. The zero-order valence-electron chi connectivity index (χ0n) is 11.7. The van der Waals surface area contributed by atoms with Crippen LogP contribution in [-0.4, -0.2) is 37.0 Å². The van der Waals surface area contributed by atoms with Crippen molar-refractivity contribution in [3.63, 3.8) is 0 Å². The van der Waals surface area contributed by atoms with Gasteiger partial charge in [-0.1, -0.05) is 42.5 Å². The molecule has 0 bridgehead atoms. The van der Waals surface area contributed by atoms with Crippen molar-refractivity contribution in [2.45, 2.75) is 12.8 Å². The van der Waals surface area contributed by atoms with Crippen LogP contribution in [0.1, 0.15) is 18.4 Å². The first-order chi connectivity index (χ1) is 9.59.